The van der Waals surface area contributed by atoms with E-state index >= 15 is 0 Å². The van der Waals surface area contributed by atoms with Gasteiger partial charge in [0.2, 0.25) is 10.0 Å². The molecular formula is C25H31N7O2S. The van der Waals surface area contributed by atoms with Crippen molar-refractivity contribution in [2.45, 2.75) is 17.9 Å². The molecule has 1 aliphatic heterocycles. The minimum absolute atomic E-state index is 0.216. The van der Waals surface area contributed by atoms with Gasteiger partial charge in [-0.15, -0.1) is 0 Å². The van der Waals surface area contributed by atoms with Gasteiger partial charge in [0, 0.05) is 38.1 Å². The predicted molar refractivity (Wildman–Crippen MR) is 136 cm³/mol. The zero-order valence-electron chi connectivity index (χ0n) is 20.2. The fraction of sp³-hybridized carbons (Fsp3) is 0.400. The van der Waals surface area contributed by atoms with Gasteiger partial charge in [-0.05, 0) is 63.5 Å². The monoisotopic (exact) mass is 493 g/mol. The number of hydrogen-bond acceptors (Lipinski definition) is 8. The van der Waals surface area contributed by atoms with Gasteiger partial charge < -0.3 is 10.2 Å². The van der Waals surface area contributed by atoms with Gasteiger partial charge in [0.1, 0.15) is 11.6 Å². The average Bonchev–Trinajstić information content (AvgIpc) is 2.87. The van der Waals surface area contributed by atoms with E-state index in [1.165, 1.54) is 28.6 Å². The number of nitrogens with one attached hydrogen (secondary N) is 1. The molecule has 1 saturated heterocycles. The fourth-order valence-corrected chi connectivity index (χ4v) is 5.53. The Balaban J connectivity index is 1.41. The van der Waals surface area contributed by atoms with Crippen LogP contribution in [0.4, 0.5) is 5.82 Å². The van der Waals surface area contributed by atoms with Gasteiger partial charge in [0.15, 0.2) is 0 Å². The first-order valence-corrected chi connectivity index (χ1v) is 13.2. The summed E-state index contributed by atoms with van der Waals surface area (Å²) in [6.07, 6.45) is 1.01. The molecule has 0 amide bonds. The van der Waals surface area contributed by atoms with Crippen LogP contribution in [0.3, 0.4) is 0 Å². The lowest BCUT2D eigenvalue weighted by atomic mass is 10.2. The van der Waals surface area contributed by atoms with Crippen LogP contribution in [0.15, 0.2) is 53.4 Å². The minimum atomic E-state index is -3.59. The lowest BCUT2D eigenvalue weighted by Crippen LogP contribution is -2.48. The van der Waals surface area contributed by atoms with E-state index < -0.39 is 10.0 Å². The fourth-order valence-electron chi connectivity index (χ4n) is 4.11. The Bertz CT molecular complexity index is 1300. The van der Waals surface area contributed by atoms with Crippen LogP contribution in [0, 0.1) is 11.3 Å². The second-order valence-corrected chi connectivity index (χ2v) is 10.8. The van der Waals surface area contributed by atoms with Crippen LogP contribution >= 0.6 is 0 Å². The van der Waals surface area contributed by atoms with Crippen LogP contribution in [-0.2, 0) is 16.6 Å². The summed E-state index contributed by atoms with van der Waals surface area (Å²) in [6.45, 7) is 4.36. The SMILES string of the molecule is CN(C)CCCNc1nc(CN2CCN(S(=O)(=O)c3ccc(C#N)cc3)CC2)nc2ccccc12. The Kier molecular flexibility index (Phi) is 7.93. The third-order valence-electron chi connectivity index (χ3n) is 6.04. The molecule has 0 atom stereocenters. The lowest BCUT2D eigenvalue weighted by molar-refractivity contribution is 0.178. The van der Waals surface area contributed by atoms with E-state index in [1.807, 2.05) is 30.3 Å². The van der Waals surface area contributed by atoms with Crippen molar-refractivity contribution in [3.8, 4) is 6.07 Å². The second kappa shape index (κ2) is 11.1. The molecular weight excluding hydrogens is 462 g/mol. The standard InChI is InChI=1S/C25H31N7O2S/c1-30(2)13-5-12-27-25-22-6-3-4-7-23(22)28-24(29-25)19-31-14-16-32(17-15-31)35(33,34)21-10-8-20(18-26)9-11-21/h3-4,6-11H,5,12-17,19H2,1-2H3,(H,27,28,29). The zero-order valence-corrected chi connectivity index (χ0v) is 21.0. The number of anilines is 1. The van der Waals surface area contributed by atoms with E-state index in [9.17, 15) is 8.42 Å². The van der Waals surface area contributed by atoms with Gasteiger partial charge in [0.25, 0.3) is 0 Å². The highest BCUT2D eigenvalue weighted by Gasteiger charge is 2.28. The van der Waals surface area contributed by atoms with E-state index in [2.05, 4.69) is 29.2 Å². The number of aromatic nitrogens is 2. The van der Waals surface area contributed by atoms with Crippen LogP contribution in [0.25, 0.3) is 10.9 Å². The molecule has 184 valence electrons. The molecule has 0 saturated carbocycles. The Labute approximate surface area is 207 Å². The topological polar surface area (TPSA) is 105 Å². The van der Waals surface area contributed by atoms with Crippen LogP contribution in [0.2, 0.25) is 0 Å². The molecule has 1 aliphatic rings. The third-order valence-corrected chi connectivity index (χ3v) is 7.95. The number of nitrogens with zero attached hydrogens (tertiary/aromatic N) is 6. The number of fused-ring (bicyclic) bond motifs is 1. The number of rotatable bonds is 9. The molecule has 1 aromatic heterocycles. The van der Waals surface area contributed by atoms with Gasteiger partial charge in [-0.3, -0.25) is 4.90 Å². The maximum Gasteiger partial charge on any atom is 0.243 e. The van der Waals surface area contributed by atoms with E-state index in [0.29, 0.717) is 38.3 Å². The number of sulfonamides is 1. The first-order chi connectivity index (χ1) is 16.9. The molecule has 0 unspecified atom stereocenters. The molecule has 2 aromatic carbocycles. The van der Waals surface area contributed by atoms with Crippen LogP contribution < -0.4 is 5.32 Å². The molecule has 2 heterocycles. The Morgan fingerprint density at radius 1 is 1.03 bits per heavy atom. The minimum Gasteiger partial charge on any atom is -0.369 e. The highest BCUT2D eigenvalue weighted by Crippen LogP contribution is 2.22. The Hall–Kier alpha value is -3.10. The summed E-state index contributed by atoms with van der Waals surface area (Å²) in [5.74, 6) is 1.56. The largest absolute Gasteiger partial charge is 0.369 e. The van der Waals surface area contributed by atoms with Crippen molar-refractivity contribution in [3.63, 3.8) is 0 Å². The van der Waals surface area contributed by atoms with E-state index in [0.717, 1.165) is 42.1 Å². The normalized spacial score (nSPS) is 15.4. The molecule has 4 rings (SSSR count). The van der Waals surface area contributed by atoms with Crippen molar-refractivity contribution < 1.29 is 8.42 Å². The number of benzene rings is 2. The van der Waals surface area contributed by atoms with Crippen LogP contribution in [0.1, 0.15) is 17.8 Å². The maximum absolute atomic E-state index is 13.0. The van der Waals surface area contributed by atoms with Crippen molar-refractivity contribution in [3.05, 3.63) is 59.9 Å². The summed E-state index contributed by atoms with van der Waals surface area (Å²) >= 11 is 0. The van der Waals surface area contributed by atoms with Gasteiger partial charge >= 0.3 is 0 Å². The number of para-hydroxylation sites is 1. The van der Waals surface area contributed by atoms with Crippen LogP contribution in [-0.4, -0.2) is 85.9 Å². The third kappa shape index (κ3) is 6.13. The van der Waals surface area contributed by atoms with E-state index in [-0.39, 0.29) is 4.90 Å². The summed E-state index contributed by atoms with van der Waals surface area (Å²) in [6, 6.07) is 16.1. The zero-order chi connectivity index (χ0) is 24.8. The van der Waals surface area contributed by atoms with Crippen molar-refractivity contribution in [1.82, 2.24) is 24.1 Å². The van der Waals surface area contributed by atoms with E-state index in [4.69, 9.17) is 15.2 Å². The van der Waals surface area contributed by atoms with Gasteiger partial charge in [0.05, 0.1) is 28.6 Å². The smallest absolute Gasteiger partial charge is 0.243 e. The summed E-state index contributed by atoms with van der Waals surface area (Å²) < 4.78 is 27.5. The molecule has 0 radical (unpaired) electrons. The van der Waals surface area contributed by atoms with E-state index in [1.54, 1.807) is 0 Å². The molecule has 35 heavy (non-hydrogen) atoms. The second-order valence-electron chi connectivity index (χ2n) is 8.91. The quantitative estimate of drug-likeness (QED) is 0.453. The molecule has 1 fully saturated rings. The summed E-state index contributed by atoms with van der Waals surface area (Å²) in [7, 11) is 0.541. The maximum atomic E-state index is 13.0. The highest BCUT2D eigenvalue weighted by atomic mass is 32.2. The molecule has 3 aromatic rings. The van der Waals surface area contributed by atoms with Crippen molar-refractivity contribution in [1.29, 1.82) is 5.26 Å². The summed E-state index contributed by atoms with van der Waals surface area (Å²) in [5.41, 5.74) is 1.34. The highest BCUT2D eigenvalue weighted by molar-refractivity contribution is 7.89. The molecule has 0 aliphatic carbocycles. The Morgan fingerprint density at radius 3 is 2.43 bits per heavy atom. The number of hydrogen-bond donors (Lipinski definition) is 1. The molecule has 1 N–H and O–H groups in total. The lowest BCUT2D eigenvalue weighted by Gasteiger charge is -2.33. The van der Waals surface area contributed by atoms with Gasteiger partial charge in [-0.2, -0.15) is 9.57 Å². The van der Waals surface area contributed by atoms with Gasteiger partial charge in [-0.25, -0.2) is 18.4 Å². The van der Waals surface area contributed by atoms with Crippen LogP contribution in [0.5, 0.6) is 0 Å². The van der Waals surface area contributed by atoms with Gasteiger partial charge in [-0.1, -0.05) is 12.1 Å². The summed E-state index contributed by atoms with van der Waals surface area (Å²) in [5, 5.41) is 13.4. The summed E-state index contributed by atoms with van der Waals surface area (Å²) in [4.78, 5) is 14.1. The van der Waals surface area contributed by atoms with Crippen molar-refractivity contribution in [2.24, 2.45) is 0 Å². The molecule has 0 bridgehead atoms. The first-order valence-electron chi connectivity index (χ1n) is 11.7. The molecule has 9 nitrogen and oxygen atoms in total. The molecule has 0 spiro atoms. The predicted octanol–water partition coefficient (Wildman–Crippen LogP) is 2.37. The van der Waals surface area contributed by atoms with Crippen molar-refractivity contribution in [2.75, 3.05) is 58.7 Å². The average molecular weight is 494 g/mol. The first kappa shape index (κ1) is 25.0. The molecule has 10 heteroatoms. The number of nitriles is 1. The Morgan fingerprint density at radius 2 is 1.74 bits per heavy atom. The number of piperazine rings is 1. The van der Waals surface area contributed by atoms with Crippen molar-refractivity contribution >= 4 is 26.7 Å².